The SMILES string of the molecule is CC(Cc1ccc(C(F)(F)F)cc1)C(=O)N1CCc2ccc(C(=O)O)cc2C1. The molecule has 0 aliphatic carbocycles. The van der Waals surface area contributed by atoms with E-state index in [4.69, 9.17) is 5.11 Å². The van der Waals surface area contributed by atoms with Crippen LogP contribution in [0.15, 0.2) is 42.5 Å². The van der Waals surface area contributed by atoms with Crippen molar-refractivity contribution < 1.29 is 27.9 Å². The van der Waals surface area contributed by atoms with Crippen molar-refractivity contribution >= 4 is 11.9 Å². The van der Waals surface area contributed by atoms with Crippen molar-refractivity contribution in [3.8, 4) is 0 Å². The first-order chi connectivity index (χ1) is 13.1. The van der Waals surface area contributed by atoms with Gasteiger partial charge >= 0.3 is 12.1 Å². The predicted octanol–water partition coefficient (Wildman–Crippen LogP) is 4.17. The summed E-state index contributed by atoms with van der Waals surface area (Å²) in [5, 5.41) is 9.13. The van der Waals surface area contributed by atoms with E-state index >= 15 is 0 Å². The molecule has 2 aromatic rings. The van der Waals surface area contributed by atoms with Crippen molar-refractivity contribution in [2.24, 2.45) is 5.92 Å². The fourth-order valence-corrected chi connectivity index (χ4v) is 3.46. The number of halogens is 3. The van der Waals surface area contributed by atoms with Gasteiger partial charge < -0.3 is 10.0 Å². The first-order valence-corrected chi connectivity index (χ1v) is 8.95. The lowest BCUT2D eigenvalue weighted by Gasteiger charge is -2.31. The Balaban J connectivity index is 1.67. The number of nitrogens with zero attached hydrogens (tertiary/aromatic N) is 1. The molecule has 0 fully saturated rings. The maximum atomic E-state index is 12.8. The number of carboxylic acid groups (broad SMARTS) is 1. The third-order valence-corrected chi connectivity index (χ3v) is 5.02. The lowest BCUT2D eigenvalue weighted by atomic mass is 9.94. The highest BCUT2D eigenvalue weighted by Gasteiger charge is 2.30. The summed E-state index contributed by atoms with van der Waals surface area (Å²) in [6, 6.07) is 9.79. The van der Waals surface area contributed by atoms with Gasteiger partial charge in [0.25, 0.3) is 0 Å². The Morgan fingerprint density at radius 3 is 2.39 bits per heavy atom. The molecule has 0 saturated carbocycles. The maximum absolute atomic E-state index is 12.8. The molecule has 4 nitrogen and oxygen atoms in total. The minimum atomic E-state index is -4.38. The number of fused-ring (bicyclic) bond motifs is 1. The number of hydrogen-bond donors (Lipinski definition) is 1. The van der Waals surface area contributed by atoms with E-state index in [2.05, 4.69) is 0 Å². The average molecular weight is 391 g/mol. The summed E-state index contributed by atoms with van der Waals surface area (Å²) < 4.78 is 38.0. The van der Waals surface area contributed by atoms with E-state index in [0.29, 0.717) is 31.5 Å². The zero-order valence-electron chi connectivity index (χ0n) is 15.3. The Morgan fingerprint density at radius 1 is 1.11 bits per heavy atom. The fraction of sp³-hybridized carbons (Fsp3) is 0.333. The maximum Gasteiger partial charge on any atom is 0.416 e. The Hall–Kier alpha value is -2.83. The normalized spacial score (nSPS) is 15.1. The Kier molecular flexibility index (Phi) is 5.45. The number of carboxylic acids is 1. The van der Waals surface area contributed by atoms with Crippen LogP contribution in [-0.2, 0) is 30.4 Å². The van der Waals surface area contributed by atoms with E-state index in [1.807, 2.05) is 0 Å². The van der Waals surface area contributed by atoms with Crippen LogP contribution in [0, 0.1) is 5.92 Å². The van der Waals surface area contributed by atoms with Gasteiger partial charge in [0.05, 0.1) is 11.1 Å². The van der Waals surface area contributed by atoms with Crippen LogP contribution in [0.3, 0.4) is 0 Å². The van der Waals surface area contributed by atoms with Gasteiger partial charge in [0.2, 0.25) is 5.91 Å². The first kappa shape index (κ1) is 19.9. The molecule has 148 valence electrons. The molecule has 0 bridgehead atoms. The smallest absolute Gasteiger partial charge is 0.416 e. The van der Waals surface area contributed by atoms with Crippen LogP contribution in [0.5, 0.6) is 0 Å². The lowest BCUT2D eigenvalue weighted by molar-refractivity contribution is -0.138. The standard InChI is InChI=1S/C21H20F3NO3/c1-13(10-14-2-6-18(7-3-14)21(22,23)24)19(26)25-9-8-15-4-5-16(20(27)28)11-17(15)12-25/h2-7,11,13H,8-10,12H2,1H3,(H,27,28). The summed E-state index contributed by atoms with van der Waals surface area (Å²) in [7, 11) is 0. The van der Waals surface area contributed by atoms with Gasteiger partial charge in [-0.15, -0.1) is 0 Å². The summed E-state index contributed by atoms with van der Waals surface area (Å²) in [5.41, 5.74) is 1.99. The third-order valence-electron chi connectivity index (χ3n) is 5.02. The second-order valence-corrected chi connectivity index (χ2v) is 7.10. The second kappa shape index (κ2) is 7.66. The van der Waals surface area contributed by atoms with Crippen molar-refractivity contribution in [2.45, 2.75) is 32.5 Å². The van der Waals surface area contributed by atoms with Gasteiger partial charge in [0.15, 0.2) is 0 Å². The number of hydrogen-bond acceptors (Lipinski definition) is 2. The molecule has 1 atom stereocenters. The van der Waals surface area contributed by atoms with Crippen LogP contribution in [0.25, 0.3) is 0 Å². The number of amides is 1. The topological polar surface area (TPSA) is 57.6 Å². The zero-order chi connectivity index (χ0) is 20.5. The van der Waals surface area contributed by atoms with E-state index in [1.54, 1.807) is 30.0 Å². The van der Waals surface area contributed by atoms with Crippen molar-refractivity contribution in [2.75, 3.05) is 6.54 Å². The van der Waals surface area contributed by atoms with Crippen LogP contribution in [0.4, 0.5) is 13.2 Å². The van der Waals surface area contributed by atoms with Gasteiger partial charge in [0.1, 0.15) is 0 Å². The molecule has 1 heterocycles. The van der Waals surface area contributed by atoms with Crippen molar-refractivity contribution in [3.05, 3.63) is 70.3 Å². The van der Waals surface area contributed by atoms with Crippen LogP contribution in [0.1, 0.15) is 39.5 Å². The summed E-state index contributed by atoms with van der Waals surface area (Å²) in [6.07, 6.45) is -3.39. The highest BCUT2D eigenvalue weighted by Crippen LogP contribution is 2.29. The minimum absolute atomic E-state index is 0.0914. The average Bonchev–Trinajstić information content (AvgIpc) is 2.66. The lowest BCUT2D eigenvalue weighted by Crippen LogP contribution is -2.39. The molecule has 1 aliphatic heterocycles. The molecule has 2 aromatic carbocycles. The highest BCUT2D eigenvalue weighted by atomic mass is 19.4. The minimum Gasteiger partial charge on any atom is -0.478 e. The summed E-state index contributed by atoms with van der Waals surface area (Å²) in [4.78, 5) is 25.6. The van der Waals surface area contributed by atoms with Crippen LogP contribution in [0.2, 0.25) is 0 Å². The van der Waals surface area contributed by atoms with Crippen molar-refractivity contribution in [1.82, 2.24) is 4.90 Å². The molecule has 0 spiro atoms. The zero-order valence-corrected chi connectivity index (χ0v) is 15.3. The number of carbonyl (C=O) groups is 2. The summed E-state index contributed by atoms with van der Waals surface area (Å²) >= 11 is 0. The molecular weight excluding hydrogens is 371 g/mol. The van der Waals surface area contributed by atoms with Gasteiger partial charge in [-0.25, -0.2) is 4.79 Å². The van der Waals surface area contributed by atoms with Crippen LogP contribution < -0.4 is 0 Å². The van der Waals surface area contributed by atoms with Gasteiger partial charge in [-0.05, 0) is 53.8 Å². The molecule has 3 rings (SSSR count). The fourth-order valence-electron chi connectivity index (χ4n) is 3.46. The van der Waals surface area contributed by atoms with Gasteiger partial charge in [-0.1, -0.05) is 25.1 Å². The van der Waals surface area contributed by atoms with E-state index in [-0.39, 0.29) is 17.4 Å². The summed E-state index contributed by atoms with van der Waals surface area (Å²) in [5.74, 6) is -1.49. The van der Waals surface area contributed by atoms with E-state index in [1.165, 1.54) is 12.1 Å². The second-order valence-electron chi connectivity index (χ2n) is 7.10. The predicted molar refractivity (Wildman–Crippen MR) is 96.8 cm³/mol. The molecule has 1 aliphatic rings. The largest absolute Gasteiger partial charge is 0.478 e. The van der Waals surface area contributed by atoms with Gasteiger partial charge in [-0.3, -0.25) is 4.79 Å². The highest BCUT2D eigenvalue weighted by molar-refractivity contribution is 5.88. The number of carbonyl (C=O) groups excluding carboxylic acids is 1. The molecule has 1 unspecified atom stereocenters. The molecule has 0 aromatic heterocycles. The molecule has 0 radical (unpaired) electrons. The van der Waals surface area contributed by atoms with Crippen LogP contribution >= 0.6 is 0 Å². The first-order valence-electron chi connectivity index (χ1n) is 8.95. The molecule has 28 heavy (non-hydrogen) atoms. The molecule has 1 N–H and O–H groups in total. The number of aromatic carboxylic acids is 1. The number of benzene rings is 2. The molecular formula is C21H20F3NO3. The molecule has 0 saturated heterocycles. The van der Waals surface area contributed by atoms with Gasteiger partial charge in [-0.2, -0.15) is 13.2 Å². The monoisotopic (exact) mass is 391 g/mol. The van der Waals surface area contributed by atoms with E-state index < -0.39 is 17.7 Å². The van der Waals surface area contributed by atoms with Crippen LogP contribution in [-0.4, -0.2) is 28.4 Å². The Bertz CT molecular complexity index is 891. The van der Waals surface area contributed by atoms with Crippen molar-refractivity contribution in [3.63, 3.8) is 0 Å². The van der Waals surface area contributed by atoms with E-state index in [9.17, 15) is 22.8 Å². The van der Waals surface area contributed by atoms with Gasteiger partial charge in [0, 0.05) is 19.0 Å². The number of alkyl halides is 3. The summed E-state index contributed by atoms with van der Waals surface area (Å²) in [6.45, 7) is 2.63. The Morgan fingerprint density at radius 2 is 1.79 bits per heavy atom. The third kappa shape index (κ3) is 4.35. The van der Waals surface area contributed by atoms with Crippen molar-refractivity contribution in [1.29, 1.82) is 0 Å². The van der Waals surface area contributed by atoms with E-state index in [0.717, 1.165) is 23.3 Å². The molecule has 7 heteroatoms. The molecule has 1 amide bonds. The Labute approximate surface area is 160 Å². The quantitative estimate of drug-likeness (QED) is 0.851. The number of rotatable bonds is 4.